The minimum atomic E-state index is -0.479. The first-order valence-corrected chi connectivity index (χ1v) is 8.63. The van der Waals surface area contributed by atoms with Crippen molar-refractivity contribution in [1.29, 1.82) is 0 Å². The van der Waals surface area contributed by atoms with Crippen LogP contribution in [0.4, 0.5) is 4.39 Å². The van der Waals surface area contributed by atoms with E-state index in [-0.39, 0.29) is 5.82 Å². The summed E-state index contributed by atoms with van der Waals surface area (Å²) in [5.74, 6) is 0.494. The van der Waals surface area contributed by atoms with Gasteiger partial charge in [-0.3, -0.25) is 9.56 Å². The summed E-state index contributed by atoms with van der Waals surface area (Å²) >= 11 is 6.26. The second-order valence-corrected chi connectivity index (χ2v) is 7.91. The molecule has 0 saturated heterocycles. The second kappa shape index (κ2) is 5.15. The topological polar surface area (TPSA) is 30.2 Å². The van der Waals surface area contributed by atoms with E-state index < -0.39 is 11.0 Å². The SMILES string of the molecule is CC1(C)N=C(n2cnc3c(Cl)cccc32)c2cccc(F)c2C1(C)C. The van der Waals surface area contributed by atoms with Crippen LogP contribution in [0, 0.1) is 5.82 Å². The Morgan fingerprint density at radius 1 is 1.04 bits per heavy atom. The van der Waals surface area contributed by atoms with Crippen LogP contribution in [0.2, 0.25) is 5.02 Å². The van der Waals surface area contributed by atoms with E-state index in [4.69, 9.17) is 16.6 Å². The average molecular weight is 356 g/mol. The highest BCUT2D eigenvalue weighted by Gasteiger charge is 2.45. The lowest BCUT2D eigenvalue weighted by Gasteiger charge is -2.44. The first-order chi connectivity index (χ1) is 11.7. The van der Waals surface area contributed by atoms with Crippen LogP contribution in [0.5, 0.6) is 0 Å². The van der Waals surface area contributed by atoms with Crippen molar-refractivity contribution in [2.24, 2.45) is 4.99 Å². The third-order valence-corrected chi connectivity index (χ3v) is 5.85. The summed E-state index contributed by atoms with van der Waals surface area (Å²) in [5, 5.41) is 0.590. The largest absolute Gasteiger partial charge is 0.283 e. The molecule has 0 spiro atoms. The van der Waals surface area contributed by atoms with E-state index in [1.54, 1.807) is 12.4 Å². The Morgan fingerprint density at radius 2 is 1.76 bits per heavy atom. The average Bonchev–Trinajstić information content (AvgIpc) is 2.96. The van der Waals surface area contributed by atoms with Gasteiger partial charge in [-0.15, -0.1) is 0 Å². The summed E-state index contributed by atoms with van der Waals surface area (Å²) in [5.41, 5.74) is 2.14. The van der Waals surface area contributed by atoms with Gasteiger partial charge < -0.3 is 0 Å². The van der Waals surface area contributed by atoms with Crippen LogP contribution in [-0.2, 0) is 5.41 Å². The minimum Gasteiger partial charge on any atom is -0.283 e. The molecule has 0 amide bonds. The monoisotopic (exact) mass is 355 g/mol. The predicted molar refractivity (Wildman–Crippen MR) is 100 cm³/mol. The summed E-state index contributed by atoms with van der Waals surface area (Å²) < 4.78 is 16.7. The summed E-state index contributed by atoms with van der Waals surface area (Å²) in [6.07, 6.45) is 1.71. The number of halogens is 2. The van der Waals surface area contributed by atoms with E-state index in [1.165, 1.54) is 6.07 Å². The molecule has 0 N–H and O–H groups in total. The van der Waals surface area contributed by atoms with Crippen LogP contribution in [0.15, 0.2) is 47.7 Å². The van der Waals surface area contributed by atoms with Crippen molar-refractivity contribution in [3.63, 3.8) is 0 Å². The number of fused-ring (bicyclic) bond motifs is 2. The Bertz CT molecular complexity index is 1030. The van der Waals surface area contributed by atoms with Gasteiger partial charge in [0, 0.05) is 16.5 Å². The molecule has 128 valence electrons. The lowest BCUT2D eigenvalue weighted by Crippen LogP contribution is -2.47. The van der Waals surface area contributed by atoms with Crippen molar-refractivity contribution in [2.75, 3.05) is 0 Å². The zero-order valence-electron chi connectivity index (χ0n) is 14.6. The standard InChI is InChI=1S/C20H19ClFN3/c1-19(2)16-12(7-5-9-14(16)22)18(24-20(19,3)4)25-11-23-17-13(21)8-6-10-15(17)25/h5-11H,1-4H3. The Labute approximate surface area is 151 Å². The Kier molecular flexibility index (Phi) is 3.35. The number of nitrogens with zero attached hydrogens (tertiary/aromatic N) is 3. The molecule has 0 radical (unpaired) electrons. The number of rotatable bonds is 0. The first kappa shape index (κ1) is 16.3. The van der Waals surface area contributed by atoms with Gasteiger partial charge in [0.25, 0.3) is 0 Å². The van der Waals surface area contributed by atoms with Crippen LogP contribution < -0.4 is 0 Å². The van der Waals surface area contributed by atoms with Crippen molar-refractivity contribution in [3.8, 4) is 0 Å². The molecule has 1 aliphatic rings. The molecule has 5 heteroatoms. The zero-order valence-corrected chi connectivity index (χ0v) is 15.4. The number of hydrogen-bond donors (Lipinski definition) is 0. The van der Waals surface area contributed by atoms with Gasteiger partial charge in [0.05, 0.1) is 16.1 Å². The Morgan fingerprint density at radius 3 is 2.52 bits per heavy atom. The summed E-state index contributed by atoms with van der Waals surface area (Å²) in [7, 11) is 0. The van der Waals surface area contributed by atoms with Gasteiger partial charge in [-0.1, -0.05) is 43.6 Å². The Hall–Kier alpha value is -2.20. The van der Waals surface area contributed by atoms with E-state index in [9.17, 15) is 4.39 Å². The molecule has 0 bridgehead atoms. The normalized spacial score (nSPS) is 18.1. The highest BCUT2D eigenvalue weighted by atomic mass is 35.5. The lowest BCUT2D eigenvalue weighted by atomic mass is 9.66. The molecule has 0 atom stereocenters. The van der Waals surface area contributed by atoms with Gasteiger partial charge in [-0.25, -0.2) is 9.37 Å². The fraction of sp³-hybridized carbons (Fsp3) is 0.300. The molecule has 2 heterocycles. The van der Waals surface area contributed by atoms with Crippen molar-refractivity contribution < 1.29 is 4.39 Å². The van der Waals surface area contributed by atoms with E-state index in [0.29, 0.717) is 21.9 Å². The van der Waals surface area contributed by atoms with Crippen LogP contribution in [-0.4, -0.2) is 20.9 Å². The maximum absolute atomic E-state index is 14.8. The number of benzene rings is 2. The fourth-order valence-corrected chi connectivity index (χ4v) is 3.69. The Balaban J connectivity index is 2.07. The first-order valence-electron chi connectivity index (χ1n) is 8.25. The van der Waals surface area contributed by atoms with Crippen molar-refractivity contribution >= 4 is 28.5 Å². The molecule has 3 aromatic rings. The second-order valence-electron chi connectivity index (χ2n) is 7.50. The molecule has 1 aromatic heterocycles. The highest BCUT2D eigenvalue weighted by Crippen LogP contribution is 2.44. The van der Waals surface area contributed by atoms with Gasteiger partial charge in [0.2, 0.25) is 0 Å². The van der Waals surface area contributed by atoms with Crippen LogP contribution in [0.1, 0.15) is 38.8 Å². The molecule has 3 nitrogen and oxygen atoms in total. The van der Waals surface area contributed by atoms with Crippen LogP contribution in [0.3, 0.4) is 0 Å². The van der Waals surface area contributed by atoms with Crippen molar-refractivity contribution in [2.45, 2.75) is 38.6 Å². The van der Waals surface area contributed by atoms with Gasteiger partial charge >= 0.3 is 0 Å². The number of para-hydroxylation sites is 1. The molecule has 0 saturated carbocycles. The quantitative estimate of drug-likeness (QED) is 0.545. The fourth-order valence-electron chi connectivity index (χ4n) is 3.47. The molecular formula is C20H19ClFN3. The van der Waals surface area contributed by atoms with E-state index >= 15 is 0 Å². The maximum atomic E-state index is 14.8. The molecule has 2 aromatic carbocycles. The zero-order chi connectivity index (χ0) is 18.0. The smallest absolute Gasteiger partial charge is 0.141 e. The number of imidazole rings is 1. The van der Waals surface area contributed by atoms with Gasteiger partial charge in [-0.05, 0) is 32.0 Å². The summed E-state index contributed by atoms with van der Waals surface area (Å²) in [6.45, 7) is 8.15. The van der Waals surface area contributed by atoms with Gasteiger partial charge in [0.1, 0.15) is 23.5 Å². The van der Waals surface area contributed by atoms with E-state index in [0.717, 1.165) is 11.1 Å². The van der Waals surface area contributed by atoms with Crippen LogP contribution in [0.25, 0.3) is 11.0 Å². The molecule has 0 unspecified atom stereocenters. The number of hydrogen-bond acceptors (Lipinski definition) is 2. The molecule has 25 heavy (non-hydrogen) atoms. The molecule has 0 aliphatic carbocycles. The molecule has 0 fully saturated rings. The number of aliphatic imine (C=N–C) groups is 1. The predicted octanol–water partition coefficient (Wildman–Crippen LogP) is 5.19. The van der Waals surface area contributed by atoms with Gasteiger partial charge in [-0.2, -0.15) is 0 Å². The van der Waals surface area contributed by atoms with Gasteiger partial charge in [0.15, 0.2) is 0 Å². The maximum Gasteiger partial charge on any atom is 0.141 e. The van der Waals surface area contributed by atoms with E-state index in [1.807, 2.05) is 56.5 Å². The van der Waals surface area contributed by atoms with Crippen molar-refractivity contribution in [1.82, 2.24) is 9.55 Å². The third kappa shape index (κ3) is 2.17. The highest BCUT2D eigenvalue weighted by molar-refractivity contribution is 6.35. The summed E-state index contributed by atoms with van der Waals surface area (Å²) in [6, 6.07) is 10.8. The van der Waals surface area contributed by atoms with Crippen LogP contribution >= 0.6 is 11.6 Å². The molecule has 1 aliphatic heterocycles. The van der Waals surface area contributed by atoms with Crippen molar-refractivity contribution in [3.05, 3.63) is 64.7 Å². The summed E-state index contributed by atoms with van der Waals surface area (Å²) in [4.78, 5) is 9.43. The molecule has 4 rings (SSSR count). The number of aromatic nitrogens is 2. The third-order valence-electron chi connectivity index (χ3n) is 5.55. The molecular weight excluding hydrogens is 337 g/mol. The van der Waals surface area contributed by atoms with E-state index in [2.05, 4.69) is 4.98 Å². The minimum absolute atomic E-state index is 0.203. The lowest BCUT2D eigenvalue weighted by molar-refractivity contribution is 0.292.